The van der Waals surface area contributed by atoms with Crippen LogP contribution in [0.1, 0.15) is 36.8 Å². The summed E-state index contributed by atoms with van der Waals surface area (Å²) in [5, 5.41) is 0.823. The Morgan fingerprint density at radius 1 is 1.04 bits per heavy atom. The van der Waals surface area contributed by atoms with E-state index in [4.69, 9.17) is 4.74 Å². The minimum Gasteiger partial charge on any atom is -0.476 e. The van der Waals surface area contributed by atoms with Crippen LogP contribution in [0.15, 0.2) is 60.0 Å². The minimum atomic E-state index is -4.77. The number of benzene rings is 1. The highest BCUT2D eigenvalue weighted by atomic mass is 32.2. The molecule has 14 heteroatoms. The number of pyridine rings is 3. The van der Waals surface area contributed by atoms with Crippen molar-refractivity contribution in [1.29, 1.82) is 0 Å². The fraction of sp³-hybridized carbons (Fsp3) is 0.355. The third kappa shape index (κ3) is 5.56. The van der Waals surface area contributed by atoms with Crippen LogP contribution < -0.4 is 14.4 Å². The van der Waals surface area contributed by atoms with E-state index in [0.29, 0.717) is 36.4 Å². The normalized spacial score (nSPS) is 15.9. The Kier molecular flexibility index (Phi) is 7.68. The van der Waals surface area contributed by atoms with Crippen LogP contribution in [0.4, 0.5) is 24.5 Å². The molecule has 0 bridgehead atoms. The predicted octanol–water partition coefficient (Wildman–Crippen LogP) is 5.24. The van der Waals surface area contributed by atoms with Gasteiger partial charge in [0.15, 0.2) is 0 Å². The molecule has 1 aliphatic heterocycles. The zero-order chi connectivity index (χ0) is 32.1. The summed E-state index contributed by atoms with van der Waals surface area (Å²) in [6.07, 6.45) is 2.98. The van der Waals surface area contributed by atoms with Gasteiger partial charge in [-0.25, -0.2) is 13.4 Å². The molecule has 3 aromatic heterocycles. The quantitative estimate of drug-likeness (QED) is 0.247. The molecule has 2 aliphatic rings. The molecule has 6 rings (SSSR count). The first-order chi connectivity index (χ1) is 21.3. The average Bonchev–Trinajstić information content (AvgIpc) is 3.22. The summed E-state index contributed by atoms with van der Waals surface area (Å²) in [4.78, 5) is 28.7. The fourth-order valence-corrected chi connectivity index (χ4v) is 6.96. The van der Waals surface area contributed by atoms with E-state index in [9.17, 15) is 26.4 Å². The Hall–Kier alpha value is -4.30. The van der Waals surface area contributed by atoms with Gasteiger partial charge >= 0.3 is 6.18 Å². The number of halogens is 3. The van der Waals surface area contributed by atoms with Gasteiger partial charge in [0.1, 0.15) is 10.6 Å². The first-order valence-electron chi connectivity index (χ1n) is 14.3. The monoisotopic (exact) mass is 640 g/mol. The van der Waals surface area contributed by atoms with E-state index in [1.165, 1.54) is 6.07 Å². The number of amides is 1. The second kappa shape index (κ2) is 11.2. The van der Waals surface area contributed by atoms with Gasteiger partial charge in [-0.1, -0.05) is 12.5 Å². The number of carbonyl (C=O) groups excluding carboxylic acids is 1. The molecule has 0 atom stereocenters. The number of anilines is 2. The minimum absolute atomic E-state index is 0.0231. The summed E-state index contributed by atoms with van der Waals surface area (Å²) in [6.45, 7) is 0.936. The maximum Gasteiger partial charge on any atom is 0.417 e. The van der Waals surface area contributed by atoms with Crippen molar-refractivity contribution in [1.82, 2.24) is 19.9 Å². The Labute approximate surface area is 258 Å². The Balaban J connectivity index is 1.40. The van der Waals surface area contributed by atoms with Gasteiger partial charge < -0.3 is 14.5 Å². The lowest BCUT2D eigenvalue weighted by molar-refractivity contribution is -0.138. The maximum absolute atomic E-state index is 13.3. The molecular weight excluding hydrogens is 609 g/mol. The van der Waals surface area contributed by atoms with Crippen molar-refractivity contribution in [3.05, 3.63) is 66.2 Å². The number of ether oxygens (including phenoxy) is 1. The van der Waals surface area contributed by atoms with Crippen LogP contribution in [0.2, 0.25) is 0 Å². The summed E-state index contributed by atoms with van der Waals surface area (Å²) < 4.78 is 74.8. The SMILES string of the molecule is CN(C)CCCOc1ncc(-c2ccc3ncc4c(c3c2)C2(CCC2)C(=O)N4C)cc1NS(=O)(=O)c1cncc(C(F)(F)F)c1. The molecule has 1 N–H and O–H groups in total. The molecule has 4 heterocycles. The van der Waals surface area contributed by atoms with Crippen molar-refractivity contribution in [3.63, 3.8) is 0 Å². The Bertz CT molecular complexity index is 1910. The van der Waals surface area contributed by atoms with Crippen LogP contribution in [-0.2, 0) is 26.4 Å². The first kappa shape index (κ1) is 30.7. The van der Waals surface area contributed by atoms with Crippen molar-refractivity contribution in [2.45, 2.75) is 42.2 Å². The van der Waals surface area contributed by atoms with Gasteiger partial charge in [-0.05, 0) is 63.2 Å². The molecule has 236 valence electrons. The van der Waals surface area contributed by atoms with Crippen molar-refractivity contribution in [2.24, 2.45) is 0 Å². The number of rotatable bonds is 9. The highest BCUT2D eigenvalue weighted by Crippen LogP contribution is 2.55. The fourth-order valence-electron chi connectivity index (χ4n) is 5.92. The first-order valence-corrected chi connectivity index (χ1v) is 15.8. The van der Waals surface area contributed by atoms with Gasteiger partial charge in [-0.15, -0.1) is 0 Å². The highest BCUT2D eigenvalue weighted by molar-refractivity contribution is 7.92. The van der Waals surface area contributed by atoms with E-state index in [-0.39, 0.29) is 24.1 Å². The van der Waals surface area contributed by atoms with Crippen LogP contribution >= 0.6 is 0 Å². The second-order valence-corrected chi connectivity index (χ2v) is 13.3. The van der Waals surface area contributed by atoms with Crippen LogP contribution in [0, 0.1) is 0 Å². The van der Waals surface area contributed by atoms with Crippen molar-refractivity contribution < 1.29 is 31.1 Å². The topological polar surface area (TPSA) is 118 Å². The van der Waals surface area contributed by atoms with Gasteiger partial charge in [-0.3, -0.25) is 19.5 Å². The number of aromatic nitrogens is 3. The molecule has 1 fully saturated rings. The largest absolute Gasteiger partial charge is 0.476 e. The predicted molar refractivity (Wildman–Crippen MR) is 163 cm³/mol. The molecule has 0 saturated heterocycles. The van der Waals surface area contributed by atoms with Gasteiger partial charge in [0.2, 0.25) is 11.8 Å². The molecular formula is C31H31F3N6O4S. The van der Waals surface area contributed by atoms with Crippen molar-refractivity contribution in [2.75, 3.05) is 43.9 Å². The summed E-state index contributed by atoms with van der Waals surface area (Å²) in [7, 11) is 1.05. The summed E-state index contributed by atoms with van der Waals surface area (Å²) in [6, 6.07) is 7.62. The van der Waals surface area contributed by atoms with Crippen LogP contribution in [0.3, 0.4) is 0 Å². The van der Waals surface area contributed by atoms with Crippen molar-refractivity contribution >= 4 is 38.2 Å². The van der Waals surface area contributed by atoms with Crippen LogP contribution in [0.25, 0.3) is 22.0 Å². The van der Waals surface area contributed by atoms with Crippen LogP contribution in [0.5, 0.6) is 5.88 Å². The molecule has 10 nitrogen and oxygen atoms in total. The number of alkyl halides is 3. The summed E-state index contributed by atoms with van der Waals surface area (Å²) >= 11 is 0. The molecule has 0 radical (unpaired) electrons. The average molecular weight is 641 g/mol. The third-order valence-corrected chi connectivity index (χ3v) is 9.71. The molecule has 0 unspecified atom stereocenters. The van der Waals surface area contributed by atoms with E-state index in [1.54, 1.807) is 24.3 Å². The molecule has 1 aliphatic carbocycles. The number of hydrogen-bond acceptors (Lipinski definition) is 8. The van der Waals surface area contributed by atoms with Gasteiger partial charge in [0.25, 0.3) is 10.0 Å². The van der Waals surface area contributed by atoms with Gasteiger partial charge in [0, 0.05) is 48.7 Å². The molecule has 4 aromatic rings. The zero-order valence-electron chi connectivity index (χ0n) is 24.8. The number of carbonyl (C=O) groups is 1. The number of nitrogens with zero attached hydrogens (tertiary/aromatic N) is 5. The number of sulfonamides is 1. The zero-order valence-corrected chi connectivity index (χ0v) is 25.7. The number of likely N-dealkylation sites (N-methyl/N-ethyl adjacent to an activating group) is 1. The van der Waals surface area contributed by atoms with E-state index < -0.39 is 32.1 Å². The van der Waals surface area contributed by atoms with Gasteiger partial charge in [-0.2, -0.15) is 13.2 Å². The smallest absolute Gasteiger partial charge is 0.417 e. The lowest BCUT2D eigenvalue weighted by atomic mass is 9.64. The number of nitrogens with one attached hydrogen (secondary N) is 1. The molecule has 45 heavy (non-hydrogen) atoms. The Morgan fingerprint density at radius 3 is 2.51 bits per heavy atom. The van der Waals surface area contributed by atoms with Gasteiger partial charge in [0.05, 0.1) is 35.0 Å². The van der Waals surface area contributed by atoms with E-state index in [1.807, 2.05) is 37.2 Å². The maximum atomic E-state index is 13.3. The summed E-state index contributed by atoms with van der Waals surface area (Å²) in [5.74, 6) is 0.0340. The lowest BCUT2D eigenvalue weighted by Gasteiger charge is -2.37. The molecule has 1 spiro atoms. The van der Waals surface area contributed by atoms with Crippen molar-refractivity contribution in [3.8, 4) is 17.0 Å². The highest BCUT2D eigenvalue weighted by Gasteiger charge is 2.54. The van der Waals surface area contributed by atoms with E-state index in [2.05, 4.69) is 19.7 Å². The Morgan fingerprint density at radius 2 is 1.82 bits per heavy atom. The number of hydrogen-bond donors (Lipinski definition) is 1. The standard InChI is InChI=1S/C31H31F3N6O4S/c1-39(2)10-5-11-44-28-25(38-45(42,43)22-14-21(16-35-17-22)31(32,33)34)13-20(15-37-28)19-6-7-24-23(12-19)27-26(18-36-24)40(3)29(41)30(27)8-4-9-30/h6-7,12-18,38H,4-5,8-11H2,1-3H3. The molecule has 1 amide bonds. The van der Waals surface area contributed by atoms with Crippen LogP contribution in [-0.4, -0.2) is 68.5 Å². The lowest BCUT2D eigenvalue weighted by Crippen LogP contribution is -2.43. The van der Waals surface area contributed by atoms with E-state index in [0.717, 1.165) is 47.6 Å². The molecule has 1 aromatic carbocycles. The van der Waals surface area contributed by atoms with E-state index >= 15 is 0 Å². The number of fused-ring (bicyclic) bond motifs is 4. The summed E-state index contributed by atoms with van der Waals surface area (Å²) in [5.41, 5.74) is 1.83. The second-order valence-electron chi connectivity index (χ2n) is 11.6. The third-order valence-electron chi connectivity index (χ3n) is 8.38. The molecule has 1 saturated carbocycles.